The van der Waals surface area contributed by atoms with E-state index in [0.29, 0.717) is 22.5 Å². The zero-order valence-corrected chi connectivity index (χ0v) is 18.6. The molecule has 0 N–H and O–H groups in total. The highest BCUT2D eigenvalue weighted by Crippen LogP contribution is 2.33. The molecule has 0 aliphatic carbocycles. The van der Waals surface area contributed by atoms with Crippen molar-refractivity contribution >= 4 is 21.6 Å². The van der Waals surface area contributed by atoms with Gasteiger partial charge >= 0.3 is 12.5 Å². The van der Waals surface area contributed by atoms with Gasteiger partial charge in [-0.05, 0) is 37.1 Å². The molecule has 2 rings (SSSR count). The molecule has 1 atom stereocenters. The molecule has 0 spiro atoms. The predicted molar refractivity (Wildman–Crippen MR) is 111 cm³/mol. The number of alkyl halides is 7. The van der Waals surface area contributed by atoms with Gasteiger partial charge in [0.05, 0.1) is 11.4 Å². The molecule has 0 amide bonds. The molecule has 1 aromatic heterocycles. The van der Waals surface area contributed by atoms with E-state index in [1.807, 2.05) is 13.8 Å². The Hall–Kier alpha value is -2.23. The minimum Gasteiger partial charge on any atom is -0.406 e. The van der Waals surface area contributed by atoms with Gasteiger partial charge in [-0.25, -0.2) is 4.68 Å². The van der Waals surface area contributed by atoms with Crippen LogP contribution in [0.5, 0.6) is 5.75 Å². The van der Waals surface area contributed by atoms with E-state index in [1.54, 1.807) is 6.20 Å². The van der Waals surface area contributed by atoms with Crippen LogP contribution in [0.15, 0.2) is 48.2 Å². The number of benzene rings is 1. The molecule has 10 heteroatoms. The van der Waals surface area contributed by atoms with E-state index in [1.165, 1.54) is 35.0 Å². The average molecular weight is 511 g/mol. The van der Waals surface area contributed by atoms with Crippen LogP contribution in [0.4, 0.5) is 26.3 Å². The Morgan fingerprint density at radius 2 is 1.74 bits per heavy atom. The van der Waals surface area contributed by atoms with Crippen molar-refractivity contribution in [2.24, 2.45) is 0 Å². The first-order valence-corrected chi connectivity index (χ1v) is 10.4. The van der Waals surface area contributed by atoms with Gasteiger partial charge in [-0.3, -0.25) is 0 Å². The van der Waals surface area contributed by atoms with E-state index in [-0.39, 0.29) is 17.0 Å². The molecular formula is C21H21BrF6N2O. The van der Waals surface area contributed by atoms with E-state index in [9.17, 15) is 26.3 Å². The van der Waals surface area contributed by atoms with Crippen molar-refractivity contribution in [3.63, 3.8) is 0 Å². The first-order chi connectivity index (χ1) is 14.4. The van der Waals surface area contributed by atoms with Gasteiger partial charge in [0, 0.05) is 28.6 Å². The molecule has 0 saturated heterocycles. The fourth-order valence-corrected chi connectivity index (χ4v) is 3.09. The maximum atomic E-state index is 12.8. The van der Waals surface area contributed by atoms with Gasteiger partial charge in [0.15, 0.2) is 0 Å². The number of hydrogen-bond acceptors (Lipinski definition) is 2. The van der Waals surface area contributed by atoms with Gasteiger partial charge in [-0.1, -0.05) is 48.0 Å². The molecule has 31 heavy (non-hydrogen) atoms. The summed E-state index contributed by atoms with van der Waals surface area (Å²) in [7, 11) is 0. The van der Waals surface area contributed by atoms with Gasteiger partial charge < -0.3 is 4.74 Å². The predicted octanol–water partition coefficient (Wildman–Crippen LogP) is 7.71. The quantitative estimate of drug-likeness (QED) is 0.216. The van der Waals surface area contributed by atoms with E-state index < -0.39 is 18.1 Å². The Balaban J connectivity index is 2.47. The lowest BCUT2D eigenvalue weighted by molar-refractivity contribution is -0.274. The molecule has 1 aromatic carbocycles. The number of hydrogen-bond donors (Lipinski definition) is 0. The van der Waals surface area contributed by atoms with Crippen molar-refractivity contribution in [2.75, 3.05) is 5.33 Å². The number of aromatic nitrogens is 2. The van der Waals surface area contributed by atoms with E-state index in [2.05, 4.69) is 25.8 Å². The van der Waals surface area contributed by atoms with Crippen molar-refractivity contribution < 1.29 is 31.1 Å². The third-order valence-electron chi connectivity index (χ3n) is 4.62. The second-order valence-corrected chi connectivity index (χ2v) is 7.45. The summed E-state index contributed by atoms with van der Waals surface area (Å²) in [6, 6.07) is 5.38. The van der Waals surface area contributed by atoms with E-state index >= 15 is 0 Å². The minimum absolute atomic E-state index is 0.0198. The molecule has 0 saturated carbocycles. The molecule has 2 aromatic rings. The molecule has 1 heterocycles. The van der Waals surface area contributed by atoms with Gasteiger partial charge in [0.25, 0.3) is 0 Å². The summed E-state index contributed by atoms with van der Waals surface area (Å²) in [6.45, 7) is 4.89. The molecule has 0 bridgehead atoms. The maximum Gasteiger partial charge on any atom is 0.573 e. The van der Waals surface area contributed by atoms with Crippen LogP contribution in [0.3, 0.4) is 0 Å². The summed E-state index contributed by atoms with van der Waals surface area (Å²) in [4.78, 5) is 0. The van der Waals surface area contributed by atoms with Crippen molar-refractivity contribution in [1.29, 1.82) is 0 Å². The van der Waals surface area contributed by atoms with Crippen LogP contribution in [0.1, 0.15) is 38.8 Å². The van der Waals surface area contributed by atoms with Gasteiger partial charge in [-0.2, -0.15) is 18.3 Å². The normalized spacial score (nSPS) is 14.6. The zero-order chi connectivity index (χ0) is 23.4. The van der Waals surface area contributed by atoms with Crippen LogP contribution in [-0.4, -0.2) is 27.6 Å². The van der Waals surface area contributed by atoms with E-state index in [0.717, 1.165) is 19.4 Å². The highest BCUT2D eigenvalue weighted by atomic mass is 79.9. The van der Waals surface area contributed by atoms with Crippen LogP contribution >= 0.6 is 15.9 Å². The summed E-state index contributed by atoms with van der Waals surface area (Å²) in [5.41, 5.74) is 1.70. The first-order valence-electron chi connectivity index (χ1n) is 9.32. The van der Waals surface area contributed by atoms with Crippen LogP contribution < -0.4 is 4.74 Å². The molecule has 0 fully saturated rings. The van der Waals surface area contributed by atoms with Gasteiger partial charge in [0.2, 0.25) is 0 Å². The molecule has 0 aliphatic heterocycles. The fraction of sp³-hybridized carbons (Fsp3) is 0.381. The third kappa shape index (κ3) is 6.88. The Kier molecular flexibility index (Phi) is 8.02. The highest BCUT2D eigenvalue weighted by molar-refractivity contribution is 9.09. The summed E-state index contributed by atoms with van der Waals surface area (Å²) in [5.74, 6) is -0.325. The Bertz CT molecular complexity index is 942. The lowest BCUT2D eigenvalue weighted by atomic mass is 9.97. The zero-order valence-electron chi connectivity index (χ0n) is 17.0. The van der Waals surface area contributed by atoms with Crippen LogP contribution in [0.2, 0.25) is 0 Å². The maximum absolute atomic E-state index is 12.8. The lowest BCUT2D eigenvalue weighted by Gasteiger charge is -2.10. The fourth-order valence-electron chi connectivity index (χ4n) is 2.65. The summed E-state index contributed by atoms with van der Waals surface area (Å²) < 4.78 is 80.9. The standard InChI is InChI=1S/C21H21BrF6N2O/c1-4-13(2)19-18(15-6-9-17(10-7-15)31-21(26,27)28)12-30(29-19)16(11-22)8-5-14(3)20(23,24)25/h5-10,12-13H,4,11H2,1-3H3/b14-5+,16-8+. The summed E-state index contributed by atoms with van der Waals surface area (Å²) >= 11 is 3.27. The van der Waals surface area contributed by atoms with Crippen LogP contribution in [-0.2, 0) is 0 Å². The number of rotatable bonds is 7. The summed E-state index contributed by atoms with van der Waals surface area (Å²) in [6.07, 6.45) is -4.50. The van der Waals surface area contributed by atoms with Crippen LogP contribution in [0.25, 0.3) is 16.8 Å². The van der Waals surface area contributed by atoms with Crippen molar-refractivity contribution in [3.8, 4) is 16.9 Å². The second kappa shape index (κ2) is 9.93. The van der Waals surface area contributed by atoms with Crippen LogP contribution in [0, 0.1) is 0 Å². The number of allylic oxidation sites excluding steroid dienone is 4. The third-order valence-corrected chi connectivity index (χ3v) is 5.20. The molecule has 0 radical (unpaired) electrons. The lowest BCUT2D eigenvalue weighted by Crippen LogP contribution is -2.16. The Morgan fingerprint density at radius 1 is 1.13 bits per heavy atom. The van der Waals surface area contributed by atoms with Crippen molar-refractivity contribution in [1.82, 2.24) is 9.78 Å². The molecular weight excluding hydrogens is 490 g/mol. The Labute approximate surface area is 184 Å². The molecule has 1 unspecified atom stereocenters. The van der Waals surface area contributed by atoms with Gasteiger partial charge in [-0.15, -0.1) is 13.2 Å². The van der Waals surface area contributed by atoms with Crippen molar-refractivity contribution in [2.45, 2.75) is 45.6 Å². The second-order valence-electron chi connectivity index (χ2n) is 6.89. The van der Waals surface area contributed by atoms with Crippen molar-refractivity contribution in [3.05, 3.63) is 53.9 Å². The number of nitrogens with zero attached hydrogens (tertiary/aromatic N) is 2. The highest BCUT2D eigenvalue weighted by Gasteiger charge is 2.31. The Morgan fingerprint density at radius 3 is 2.23 bits per heavy atom. The largest absolute Gasteiger partial charge is 0.573 e. The molecule has 0 aliphatic rings. The smallest absolute Gasteiger partial charge is 0.406 e. The first kappa shape index (κ1) is 25.0. The topological polar surface area (TPSA) is 27.1 Å². The number of ether oxygens (including phenoxy) is 1. The number of halogens is 7. The monoisotopic (exact) mass is 510 g/mol. The molecule has 170 valence electrons. The average Bonchev–Trinajstić information content (AvgIpc) is 3.11. The minimum atomic E-state index is -4.79. The molecule has 3 nitrogen and oxygen atoms in total. The van der Waals surface area contributed by atoms with Gasteiger partial charge in [0.1, 0.15) is 5.75 Å². The SMILES string of the molecule is CCC(C)c1nn(/C(=C/C=C(\C)C(F)(F)F)CBr)cc1-c1ccc(OC(F)(F)F)cc1. The summed E-state index contributed by atoms with van der Waals surface area (Å²) in [5, 5.41) is 4.79. The van der Waals surface area contributed by atoms with E-state index in [4.69, 9.17) is 0 Å².